The van der Waals surface area contributed by atoms with E-state index in [1.54, 1.807) is 24.7 Å². The lowest BCUT2D eigenvalue weighted by Gasteiger charge is -2.11. The molecule has 9 heteroatoms. The summed E-state index contributed by atoms with van der Waals surface area (Å²) in [5, 5.41) is 16.8. The summed E-state index contributed by atoms with van der Waals surface area (Å²) in [5.41, 5.74) is 9.88. The molecule has 2 heterocycles. The minimum absolute atomic E-state index is 0.202. The maximum Gasteiger partial charge on any atom is 0.315 e. The zero-order valence-electron chi connectivity index (χ0n) is 17.5. The van der Waals surface area contributed by atoms with Crippen molar-refractivity contribution in [2.75, 3.05) is 11.1 Å². The number of benzene rings is 1. The van der Waals surface area contributed by atoms with Gasteiger partial charge in [0.15, 0.2) is 0 Å². The van der Waals surface area contributed by atoms with Crippen molar-refractivity contribution in [1.82, 2.24) is 20.6 Å². The summed E-state index contributed by atoms with van der Waals surface area (Å²) in [6.45, 7) is 1.99. The highest BCUT2D eigenvalue weighted by Crippen LogP contribution is 2.31. The summed E-state index contributed by atoms with van der Waals surface area (Å²) in [7, 11) is 0. The molecule has 0 aliphatic heterocycles. The molecule has 2 amide bonds. The molecule has 32 heavy (non-hydrogen) atoms. The number of pyridine rings is 2. The minimum atomic E-state index is -0.890. The van der Waals surface area contributed by atoms with Gasteiger partial charge in [0.1, 0.15) is 5.82 Å². The summed E-state index contributed by atoms with van der Waals surface area (Å²) < 4.78 is 0. The van der Waals surface area contributed by atoms with Crippen molar-refractivity contribution in [3.63, 3.8) is 0 Å². The van der Waals surface area contributed by atoms with Crippen LogP contribution in [0.15, 0.2) is 54.8 Å². The van der Waals surface area contributed by atoms with Gasteiger partial charge in [0, 0.05) is 53.7 Å². The number of anilines is 2. The Balaban J connectivity index is 1.53. The van der Waals surface area contributed by atoms with Gasteiger partial charge in [0.05, 0.1) is 5.70 Å². The molecule has 1 aliphatic carbocycles. The summed E-state index contributed by atoms with van der Waals surface area (Å²) in [5.74, 6) is -1.56. The van der Waals surface area contributed by atoms with Gasteiger partial charge in [0.2, 0.25) is 0 Å². The molecule has 0 atom stereocenters. The van der Waals surface area contributed by atoms with E-state index in [-0.39, 0.29) is 11.5 Å². The summed E-state index contributed by atoms with van der Waals surface area (Å²) in [6, 6.07) is 7.75. The lowest BCUT2D eigenvalue weighted by Crippen LogP contribution is -2.36. The van der Waals surface area contributed by atoms with Crippen molar-refractivity contribution in [2.45, 2.75) is 25.8 Å². The number of carbonyl (C=O) groups excluding carboxylic acids is 2. The standard InChI is InChI=1S/C23H23N7O2/c1-13-4-5-26-11-18(13)14-6-15-8-21(28-12-19(15)20(25)7-14)30-23(32)22(31)29-17(9-24)10-27-16-2-3-16/h4-12,16,24,27H,2-3,25H2,1H3,(H,29,31)(H,28,30,32)/b17-10+,24-9?. The summed E-state index contributed by atoms with van der Waals surface area (Å²) >= 11 is 0. The molecular formula is C23H23N7O2. The zero-order valence-corrected chi connectivity index (χ0v) is 17.5. The van der Waals surface area contributed by atoms with Crippen LogP contribution in [0.4, 0.5) is 11.5 Å². The van der Waals surface area contributed by atoms with Crippen LogP contribution in [0.1, 0.15) is 18.4 Å². The Kier molecular flexibility index (Phi) is 5.80. The van der Waals surface area contributed by atoms with E-state index >= 15 is 0 Å². The Hall–Kier alpha value is -4.27. The molecule has 4 rings (SSSR count). The van der Waals surface area contributed by atoms with Crippen molar-refractivity contribution >= 4 is 40.3 Å². The Morgan fingerprint density at radius 2 is 2.00 bits per heavy atom. The van der Waals surface area contributed by atoms with Crippen LogP contribution < -0.4 is 21.7 Å². The monoisotopic (exact) mass is 429 g/mol. The number of nitrogens with zero attached hydrogens (tertiary/aromatic N) is 2. The number of nitrogens with two attached hydrogens (primary N) is 1. The van der Waals surface area contributed by atoms with Gasteiger partial charge in [-0.3, -0.25) is 14.6 Å². The SMILES string of the molecule is Cc1ccncc1-c1cc(N)c2cnc(NC(=O)C(=O)N/C(C=N)=C/NC3CC3)cc2c1. The number of hydrogen-bond acceptors (Lipinski definition) is 7. The molecule has 0 spiro atoms. The number of allylic oxidation sites excluding steroid dienone is 1. The molecule has 0 radical (unpaired) electrons. The Labute approximate surface area is 184 Å². The van der Waals surface area contributed by atoms with E-state index < -0.39 is 11.8 Å². The van der Waals surface area contributed by atoms with Crippen molar-refractivity contribution in [3.8, 4) is 11.1 Å². The van der Waals surface area contributed by atoms with E-state index in [1.165, 1.54) is 6.20 Å². The first-order valence-electron chi connectivity index (χ1n) is 10.1. The third-order valence-electron chi connectivity index (χ3n) is 5.13. The second-order valence-electron chi connectivity index (χ2n) is 7.64. The van der Waals surface area contributed by atoms with Gasteiger partial charge in [0.25, 0.3) is 0 Å². The van der Waals surface area contributed by atoms with E-state index in [1.807, 2.05) is 25.1 Å². The highest BCUT2D eigenvalue weighted by Gasteiger charge is 2.20. The molecule has 162 valence electrons. The second kappa shape index (κ2) is 8.84. The highest BCUT2D eigenvalue weighted by atomic mass is 16.2. The van der Waals surface area contributed by atoms with E-state index in [0.717, 1.165) is 46.5 Å². The summed E-state index contributed by atoms with van der Waals surface area (Å²) in [4.78, 5) is 32.9. The molecule has 0 unspecified atom stereocenters. The van der Waals surface area contributed by atoms with Crippen LogP contribution in [0.5, 0.6) is 0 Å². The third kappa shape index (κ3) is 4.72. The molecule has 0 bridgehead atoms. The first-order chi connectivity index (χ1) is 15.4. The lowest BCUT2D eigenvalue weighted by atomic mass is 9.99. The van der Waals surface area contributed by atoms with Crippen LogP contribution in [-0.2, 0) is 9.59 Å². The quantitative estimate of drug-likeness (QED) is 0.231. The van der Waals surface area contributed by atoms with Gasteiger partial charge in [-0.05, 0) is 60.5 Å². The Morgan fingerprint density at radius 3 is 2.72 bits per heavy atom. The number of rotatable bonds is 6. The fourth-order valence-corrected chi connectivity index (χ4v) is 3.21. The van der Waals surface area contributed by atoms with Crippen LogP contribution in [-0.4, -0.2) is 34.0 Å². The molecule has 0 saturated heterocycles. The van der Waals surface area contributed by atoms with Crippen LogP contribution in [0.25, 0.3) is 21.9 Å². The molecule has 1 saturated carbocycles. The van der Waals surface area contributed by atoms with Gasteiger partial charge in [-0.25, -0.2) is 4.98 Å². The van der Waals surface area contributed by atoms with Crippen LogP contribution in [0, 0.1) is 12.3 Å². The number of nitrogen functional groups attached to an aromatic ring is 1. The fourth-order valence-electron chi connectivity index (χ4n) is 3.21. The molecule has 6 N–H and O–H groups in total. The number of aryl methyl sites for hydroxylation is 1. The average Bonchev–Trinajstić information content (AvgIpc) is 3.61. The van der Waals surface area contributed by atoms with Gasteiger partial charge in [-0.15, -0.1) is 0 Å². The van der Waals surface area contributed by atoms with Crippen molar-refractivity contribution < 1.29 is 9.59 Å². The van der Waals surface area contributed by atoms with Crippen LogP contribution in [0.2, 0.25) is 0 Å². The number of nitrogens with one attached hydrogen (secondary N) is 4. The molecule has 3 aromatic rings. The minimum Gasteiger partial charge on any atom is -0.398 e. The Bertz CT molecular complexity index is 1250. The molecule has 1 fully saturated rings. The first kappa shape index (κ1) is 21.0. The normalized spacial score (nSPS) is 13.5. The van der Waals surface area contributed by atoms with Gasteiger partial charge in [-0.2, -0.15) is 0 Å². The molecule has 2 aromatic heterocycles. The Morgan fingerprint density at radius 1 is 1.19 bits per heavy atom. The van der Waals surface area contributed by atoms with E-state index in [4.69, 9.17) is 11.1 Å². The molecular weight excluding hydrogens is 406 g/mol. The van der Waals surface area contributed by atoms with Crippen molar-refractivity contribution in [3.05, 3.63) is 60.3 Å². The smallest absolute Gasteiger partial charge is 0.315 e. The number of carbonyl (C=O) groups is 2. The summed E-state index contributed by atoms with van der Waals surface area (Å²) in [6.07, 6.45) is 9.66. The zero-order chi connectivity index (χ0) is 22.7. The second-order valence-corrected chi connectivity index (χ2v) is 7.64. The molecule has 1 aromatic carbocycles. The number of hydrogen-bond donors (Lipinski definition) is 5. The highest BCUT2D eigenvalue weighted by molar-refractivity contribution is 6.40. The molecule has 1 aliphatic rings. The van der Waals surface area contributed by atoms with Gasteiger partial charge >= 0.3 is 11.8 Å². The average molecular weight is 429 g/mol. The van der Waals surface area contributed by atoms with Crippen molar-refractivity contribution in [1.29, 1.82) is 5.41 Å². The fraction of sp³-hybridized carbons (Fsp3) is 0.174. The lowest BCUT2D eigenvalue weighted by molar-refractivity contribution is -0.135. The molecule has 9 nitrogen and oxygen atoms in total. The number of amides is 2. The van der Waals surface area contributed by atoms with E-state index in [9.17, 15) is 9.59 Å². The third-order valence-corrected chi connectivity index (χ3v) is 5.13. The van der Waals surface area contributed by atoms with E-state index in [0.29, 0.717) is 11.7 Å². The first-order valence-corrected chi connectivity index (χ1v) is 10.1. The maximum atomic E-state index is 12.3. The predicted molar refractivity (Wildman–Crippen MR) is 124 cm³/mol. The number of fused-ring (bicyclic) bond motifs is 1. The van der Waals surface area contributed by atoms with Gasteiger partial charge in [-0.1, -0.05) is 0 Å². The predicted octanol–water partition coefficient (Wildman–Crippen LogP) is 2.49. The largest absolute Gasteiger partial charge is 0.398 e. The topological polar surface area (TPSA) is 146 Å². The van der Waals surface area contributed by atoms with Crippen molar-refractivity contribution in [2.24, 2.45) is 0 Å². The maximum absolute atomic E-state index is 12.3. The van der Waals surface area contributed by atoms with Gasteiger partial charge < -0.3 is 27.1 Å². The van der Waals surface area contributed by atoms with Crippen LogP contribution in [0.3, 0.4) is 0 Å². The number of aromatic nitrogens is 2. The van der Waals surface area contributed by atoms with Crippen LogP contribution >= 0.6 is 0 Å². The van der Waals surface area contributed by atoms with E-state index in [2.05, 4.69) is 25.9 Å².